The SMILES string of the molecule is CCN(CC)CCOc1cccc(C#Cc2ccccc2)c1. The molecule has 0 bridgehead atoms. The summed E-state index contributed by atoms with van der Waals surface area (Å²) in [6, 6.07) is 18.0. The minimum Gasteiger partial charge on any atom is -0.492 e. The molecule has 0 spiro atoms. The van der Waals surface area contributed by atoms with Gasteiger partial charge < -0.3 is 9.64 Å². The molecule has 2 heteroatoms. The lowest BCUT2D eigenvalue weighted by molar-refractivity contribution is 0.223. The Kier molecular flexibility index (Phi) is 6.54. The first-order chi connectivity index (χ1) is 10.8. The molecule has 2 aromatic rings. The molecule has 0 atom stereocenters. The van der Waals surface area contributed by atoms with Crippen molar-refractivity contribution in [3.05, 3.63) is 65.7 Å². The lowest BCUT2D eigenvalue weighted by Crippen LogP contribution is -2.27. The third kappa shape index (κ3) is 5.27. The summed E-state index contributed by atoms with van der Waals surface area (Å²) in [5.41, 5.74) is 2.00. The normalized spacial score (nSPS) is 10.1. The smallest absolute Gasteiger partial charge is 0.120 e. The molecular formula is C20H23NO. The van der Waals surface area contributed by atoms with Gasteiger partial charge in [0, 0.05) is 17.7 Å². The summed E-state index contributed by atoms with van der Waals surface area (Å²) in [5, 5.41) is 0. The Bertz CT molecular complexity index is 621. The van der Waals surface area contributed by atoms with Crippen LogP contribution in [0.15, 0.2) is 54.6 Å². The maximum absolute atomic E-state index is 5.82. The Balaban J connectivity index is 1.94. The maximum Gasteiger partial charge on any atom is 0.120 e. The molecular weight excluding hydrogens is 270 g/mol. The van der Waals surface area contributed by atoms with E-state index in [0.29, 0.717) is 6.61 Å². The highest BCUT2D eigenvalue weighted by molar-refractivity contribution is 5.45. The molecule has 22 heavy (non-hydrogen) atoms. The van der Waals surface area contributed by atoms with Crippen molar-refractivity contribution in [2.45, 2.75) is 13.8 Å². The lowest BCUT2D eigenvalue weighted by atomic mass is 10.2. The fraction of sp³-hybridized carbons (Fsp3) is 0.300. The van der Waals surface area contributed by atoms with E-state index in [1.54, 1.807) is 0 Å². The Morgan fingerprint density at radius 1 is 0.864 bits per heavy atom. The molecule has 0 radical (unpaired) electrons. The van der Waals surface area contributed by atoms with Gasteiger partial charge in [0.2, 0.25) is 0 Å². The standard InChI is InChI=1S/C20H23NO/c1-3-21(4-2)15-16-22-20-12-8-11-19(17-20)14-13-18-9-6-5-7-10-18/h5-12,17H,3-4,15-16H2,1-2H3. The van der Waals surface area contributed by atoms with Crippen molar-refractivity contribution in [1.82, 2.24) is 4.90 Å². The van der Waals surface area contributed by atoms with E-state index in [-0.39, 0.29) is 0 Å². The zero-order chi connectivity index (χ0) is 15.6. The van der Waals surface area contributed by atoms with Gasteiger partial charge in [0.15, 0.2) is 0 Å². The molecule has 0 aliphatic carbocycles. The number of likely N-dealkylation sites (N-methyl/N-ethyl adjacent to an activating group) is 1. The quantitative estimate of drug-likeness (QED) is 0.751. The minimum atomic E-state index is 0.706. The third-order valence-electron chi connectivity index (χ3n) is 3.53. The molecule has 0 aliphatic rings. The average molecular weight is 293 g/mol. The second kappa shape index (κ2) is 8.92. The second-order valence-electron chi connectivity index (χ2n) is 5.02. The van der Waals surface area contributed by atoms with E-state index in [4.69, 9.17) is 4.74 Å². The first kappa shape index (κ1) is 16.1. The Morgan fingerprint density at radius 2 is 1.55 bits per heavy atom. The van der Waals surface area contributed by atoms with Gasteiger partial charge in [0.1, 0.15) is 12.4 Å². The van der Waals surface area contributed by atoms with Crippen molar-refractivity contribution in [2.24, 2.45) is 0 Å². The van der Waals surface area contributed by atoms with E-state index >= 15 is 0 Å². The number of hydrogen-bond donors (Lipinski definition) is 0. The first-order valence-electron chi connectivity index (χ1n) is 7.84. The van der Waals surface area contributed by atoms with Crippen molar-refractivity contribution in [3.63, 3.8) is 0 Å². The van der Waals surface area contributed by atoms with Crippen LogP contribution in [0.3, 0.4) is 0 Å². The Hall–Kier alpha value is -2.24. The van der Waals surface area contributed by atoms with Crippen molar-refractivity contribution in [3.8, 4) is 17.6 Å². The molecule has 0 saturated heterocycles. The molecule has 2 aromatic carbocycles. The minimum absolute atomic E-state index is 0.706. The topological polar surface area (TPSA) is 12.5 Å². The summed E-state index contributed by atoms with van der Waals surface area (Å²) >= 11 is 0. The van der Waals surface area contributed by atoms with Crippen molar-refractivity contribution >= 4 is 0 Å². The molecule has 0 N–H and O–H groups in total. The average Bonchev–Trinajstić information content (AvgIpc) is 2.58. The van der Waals surface area contributed by atoms with Gasteiger partial charge in [0.25, 0.3) is 0 Å². The van der Waals surface area contributed by atoms with Gasteiger partial charge in [-0.15, -0.1) is 0 Å². The summed E-state index contributed by atoms with van der Waals surface area (Å²) in [4.78, 5) is 2.35. The summed E-state index contributed by atoms with van der Waals surface area (Å²) < 4.78 is 5.82. The zero-order valence-electron chi connectivity index (χ0n) is 13.4. The Morgan fingerprint density at radius 3 is 2.27 bits per heavy atom. The predicted octanol–water partition coefficient (Wildman–Crippen LogP) is 3.81. The lowest BCUT2D eigenvalue weighted by Gasteiger charge is -2.18. The van der Waals surface area contributed by atoms with Crippen molar-refractivity contribution in [2.75, 3.05) is 26.2 Å². The van der Waals surface area contributed by atoms with Crippen LogP contribution in [0.2, 0.25) is 0 Å². The molecule has 2 nitrogen and oxygen atoms in total. The van der Waals surface area contributed by atoms with Crippen LogP contribution in [0.5, 0.6) is 5.75 Å². The number of rotatable bonds is 6. The van der Waals surface area contributed by atoms with Gasteiger partial charge in [-0.1, -0.05) is 50.0 Å². The van der Waals surface area contributed by atoms with Crippen LogP contribution >= 0.6 is 0 Å². The number of nitrogens with zero attached hydrogens (tertiary/aromatic N) is 1. The molecule has 114 valence electrons. The molecule has 0 saturated carbocycles. The monoisotopic (exact) mass is 293 g/mol. The summed E-state index contributed by atoms with van der Waals surface area (Å²) in [5.74, 6) is 7.23. The van der Waals surface area contributed by atoms with E-state index in [0.717, 1.165) is 36.5 Å². The third-order valence-corrected chi connectivity index (χ3v) is 3.53. The highest BCUT2D eigenvalue weighted by Gasteiger charge is 2.00. The molecule has 0 amide bonds. The highest BCUT2D eigenvalue weighted by atomic mass is 16.5. The largest absolute Gasteiger partial charge is 0.492 e. The van der Waals surface area contributed by atoms with Crippen molar-refractivity contribution < 1.29 is 4.74 Å². The van der Waals surface area contributed by atoms with Gasteiger partial charge in [-0.25, -0.2) is 0 Å². The van der Waals surface area contributed by atoms with Crippen molar-refractivity contribution in [1.29, 1.82) is 0 Å². The molecule has 0 aromatic heterocycles. The van der Waals surface area contributed by atoms with Gasteiger partial charge in [-0.3, -0.25) is 0 Å². The van der Waals surface area contributed by atoms with E-state index in [1.807, 2.05) is 54.6 Å². The van der Waals surface area contributed by atoms with Gasteiger partial charge >= 0.3 is 0 Å². The Labute approximate surface area is 133 Å². The zero-order valence-corrected chi connectivity index (χ0v) is 13.4. The van der Waals surface area contributed by atoms with Crippen LogP contribution in [-0.4, -0.2) is 31.1 Å². The van der Waals surface area contributed by atoms with E-state index in [2.05, 4.69) is 30.6 Å². The van der Waals surface area contributed by atoms with Crippen LogP contribution < -0.4 is 4.74 Å². The maximum atomic E-state index is 5.82. The number of hydrogen-bond acceptors (Lipinski definition) is 2. The first-order valence-corrected chi connectivity index (χ1v) is 7.84. The molecule has 2 rings (SSSR count). The van der Waals surface area contributed by atoms with Gasteiger partial charge in [-0.2, -0.15) is 0 Å². The van der Waals surface area contributed by atoms with Gasteiger partial charge in [0.05, 0.1) is 0 Å². The van der Waals surface area contributed by atoms with E-state index in [1.165, 1.54) is 0 Å². The molecule has 0 heterocycles. The van der Waals surface area contributed by atoms with Gasteiger partial charge in [-0.05, 0) is 43.4 Å². The second-order valence-corrected chi connectivity index (χ2v) is 5.02. The fourth-order valence-corrected chi connectivity index (χ4v) is 2.16. The summed E-state index contributed by atoms with van der Waals surface area (Å²) in [6.45, 7) is 8.11. The van der Waals surface area contributed by atoms with E-state index in [9.17, 15) is 0 Å². The molecule has 0 aliphatic heterocycles. The van der Waals surface area contributed by atoms with Crippen LogP contribution in [0.25, 0.3) is 0 Å². The molecule has 0 fully saturated rings. The summed E-state index contributed by atoms with van der Waals surface area (Å²) in [6.07, 6.45) is 0. The fourth-order valence-electron chi connectivity index (χ4n) is 2.16. The predicted molar refractivity (Wildman–Crippen MR) is 92.1 cm³/mol. The van der Waals surface area contributed by atoms with Crippen LogP contribution in [0.1, 0.15) is 25.0 Å². The van der Waals surface area contributed by atoms with Crippen LogP contribution in [0.4, 0.5) is 0 Å². The van der Waals surface area contributed by atoms with Crippen LogP contribution in [0, 0.1) is 11.8 Å². The number of benzene rings is 2. The number of ether oxygens (including phenoxy) is 1. The highest BCUT2D eigenvalue weighted by Crippen LogP contribution is 2.12. The molecule has 0 unspecified atom stereocenters. The summed E-state index contributed by atoms with van der Waals surface area (Å²) in [7, 11) is 0. The van der Waals surface area contributed by atoms with E-state index < -0.39 is 0 Å². The van der Waals surface area contributed by atoms with Crippen LogP contribution in [-0.2, 0) is 0 Å².